The number of ether oxygens (including phenoxy) is 2. The molecule has 0 radical (unpaired) electrons. The second-order valence-corrected chi connectivity index (χ2v) is 8.49. The van der Waals surface area contributed by atoms with Crippen LogP contribution in [-0.4, -0.2) is 33.3 Å². The molecule has 0 aliphatic rings. The van der Waals surface area contributed by atoms with Crippen LogP contribution in [0, 0.1) is 5.82 Å². The number of carbonyl (C=O) groups is 1. The van der Waals surface area contributed by atoms with Crippen molar-refractivity contribution in [2.45, 2.75) is 38.1 Å². The van der Waals surface area contributed by atoms with E-state index >= 15 is 0 Å². The van der Waals surface area contributed by atoms with Gasteiger partial charge in [0.25, 0.3) is 0 Å². The van der Waals surface area contributed by atoms with Crippen molar-refractivity contribution in [3.63, 3.8) is 0 Å². The molecule has 158 valence electrons. The molecule has 8 heteroatoms. The fourth-order valence-corrected chi connectivity index (χ4v) is 3.96. The number of hydrogen-bond acceptors (Lipinski definition) is 5. The van der Waals surface area contributed by atoms with Crippen LogP contribution >= 0.6 is 0 Å². The van der Waals surface area contributed by atoms with E-state index in [-0.39, 0.29) is 23.1 Å². The lowest BCUT2D eigenvalue weighted by Crippen LogP contribution is -2.28. The van der Waals surface area contributed by atoms with Crippen LogP contribution in [0.25, 0.3) is 0 Å². The van der Waals surface area contributed by atoms with Crippen molar-refractivity contribution in [3.05, 3.63) is 53.8 Å². The summed E-state index contributed by atoms with van der Waals surface area (Å²) in [7, 11) is -3.66. The first-order valence-electron chi connectivity index (χ1n) is 9.44. The lowest BCUT2D eigenvalue weighted by atomic mass is 10.1. The molecule has 2 rings (SSSR count). The summed E-state index contributed by atoms with van der Waals surface area (Å²) < 4.78 is 48.7. The van der Waals surface area contributed by atoms with Gasteiger partial charge in [0.15, 0.2) is 21.3 Å². The highest BCUT2D eigenvalue weighted by atomic mass is 32.2. The molecule has 0 aromatic heterocycles. The molecule has 29 heavy (non-hydrogen) atoms. The lowest BCUT2D eigenvalue weighted by molar-refractivity contribution is -0.121. The van der Waals surface area contributed by atoms with E-state index in [0.29, 0.717) is 24.7 Å². The summed E-state index contributed by atoms with van der Waals surface area (Å²) in [6, 6.07) is 9.62. The monoisotopic (exact) mass is 423 g/mol. The van der Waals surface area contributed by atoms with E-state index in [0.717, 1.165) is 17.7 Å². The molecule has 0 unspecified atom stereocenters. The number of nitrogens with one attached hydrogen (secondary N) is 1. The molecule has 0 saturated carbocycles. The Morgan fingerprint density at radius 2 is 1.66 bits per heavy atom. The predicted molar refractivity (Wildman–Crippen MR) is 108 cm³/mol. The minimum Gasteiger partial charge on any atom is -0.490 e. The predicted octanol–water partition coefficient (Wildman–Crippen LogP) is 3.66. The van der Waals surface area contributed by atoms with Gasteiger partial charge in [0.2, 0.25) is 5.91 Å². The van der Waals surface area contributed by atoms with Gasteiger partial charge < -0.3 is 14.8 Å². The highest BCUT2D eigenvalue weighted by molar-refractivity contribution is 7.91. The van der Waals surface area contributed by atoms with Crippen molar-refractivity contribution in [1.82, 2.24) is 5.32 Å². The van der Waals surface area contributed by atoms with Gasteiger partial charge in [-0.2, -0.15) is 0 Å². The molecule has 0 heterocycles. The largest absolute Gasteiger partial charge is 0.490 e. The van der Waals surface area contributed by atoms with Crippen molar-refractivity contribution < 1.29 is 27.1 Å². The summed E-state index contributed by atoms with van der Waals surface area (Å²) in [4.78, 5) is 12.2. The molecular formula is C21H26FNO5S. The first-order chi connectivity index (χ1) is 13.8. The van der Waals surface area contributed by atoms with Crippen LogP contribution in [0.2, 0.25) is 0 Å². The van der Waals surface area contributed by atoms with E-state index in [1.54, 1.807) is 19.1 Å². The topological polar surface area (TPSA) is 81.7 Å². The van der Waals surface area contributed by atoms with E-state index in [1.807, 2.05) is 19.9 Å². The number of hydrogen-bond donors (Lipinski definition) is 1. The maximum atomic E-state index is 13.0. The average molecular weight is 424 g/mol. The Hall–Kier alpha value is -2.61. The number of sulfone groups is 1. The Kier molecular flexibility index (Phi) is 8.01. The van der Waals surface area contributed by atoms with Gasteiger partial charge in [-0.3, -0.25) is 4.79 Å². The van der Waals surface area contributed by atoms with Crippen LogP contribution in [0.3, 0.4) is 0 Å². The number of amides is 1. The highest BCUT2D eigenvalue weighted by Crippen LogP contribution is 2.30. The molecule has 0 spiro atoms. The van der Waals surface area contributed by atoms with Gasteiger partial charge in [-0.05, 0) is 62.7 Å². The van der Waals surface area contributed by atoms with Crippen LogP contribution < -0.4 is 14.8 Å². The molecule has 0 aliphatic heterocycles. The van der Waals surface area contributed by atoms with E-state index in [4.69, 9.17) is 9.47 Å². The molecule has 1 atom stereocenters. The Balaban J connectivity index is 1.99. The summed E-state index contributed by atoms with van der Waals surface area (Å²) in [6.45, 7) is 6.54. The van der Waals surface area contributed by atoms with Crippen LogP contribution in [-0.2, 0) is 14.6 Å². The first-order valence-corrected chi connectivity index (χ1v) is 11.1. The van der Waals surface area contributed by atoms with Gasteiger partial charge in [-0.15, -0.1) is 0 Å². The zero-order valence-electron chi connectivity index (χ0n) is 16.8. The maximum absolute atomic E-state index is 13.0. The molecule has 6 nitrogen and oxygen atoms in total. The zero-order chi connectivity index (χ0) is 21.4. The third-order valence-corrected chi connectivity index (χ3v) is 5.95. The van der Waals surface area contributed by atoms with E-state index in [9.17, 15) is 17.6 Å². The van der Waals surface area contributed by atoms with E-state index in [2.05, 4.69) is 5.32 Å². The normalized spacial score (nSPS) is 12.3. The van der Waals surface area contributed by atoms with E-state index in [1.165, 1.54) is 12.1 Å². The Morgan fingerprint density at radius 1 is 1.03 bits per heavy atom. The molecule has 0 aliphatic carbocycles. The molecular weight excluding hydrogens is 397 g/mol. The Labute approximate surface area is 171 Å². The lowest BCUT2D eigenvalue weighted by Gasteiger charge is -2.17. The van der Waals surface area contributed by atoms with Crippen molar-refractivity contribution in [2.24, 2.45) is 0 Å². The summed E-state index contributed by atoms with van der Waals surface area (Å²) in [6.07, 6.45) is -0.195. The third-order valence-electron chi connectivity index (χ3n) is 4.22. The first kappa shape index (κ1) is 22.7. The molecule has 0 fully saturated rings. The second-order valence-electron chi connectivity index (χ2n) is 6.38. The van der Waals surface area contributed by atoms with Crippen LogP contribution in [0.4, 0.5) is 4.39 Å². The fraction of sp³-hybridized carbons (Fsp3) is 0.381. The van der Waals surface area contributed by atoms with E-state index < -0.39 is 21.6 Å². The minimum atomic E-state index is -3.66. The number of rotatable bonds is 10. The molecule has 1 amide bonds. The van der Waals surface area contributed by atoms with Crippen molar-refractivity contribution in [1.29, 1.82) is 0 Å². The van der Waals surface area contributed by atoms with Gasteiger partial charge in [-0.25, -0.2) is 12.8 Å². The zero-order valence-corrected chi connectivity index (χ0v) is 17.6. The number of halogens is 1. The third kappa shape index (κ3) is 6.45. The van der Waals surface area contributed by atoms with Gasteiger partial charge in [0.05, 0.1) is 29.9 Å². The summed E-state index contributed by atoms with van der Waals surface area (Å²) in [5.74, 6) is -0.0498. The summed E-state index contributed by atoms with van der Waals surface area (Å²) >= 11 is 0. The molecule has 1 N–H and O–H groups in total. The minimum absolute atomic E-state index is 0.00684. The van der Waals surface area contributed by atoms with Gasteiger partial charge in [0.1, 0.15) is 5.82 Å². The van der Waals surface area contributed by atoms with Gasteiger partial charge >= 0.3 is 0 Å². The van der Waals surface area contributed by atoms with Crippen LogP contribution in [0.5, 0.6) is 11.5 Å². The average Bonchev–Trinajstić information content (AvgIpc) is 2.68. The maximum Gasteiger partial charge on any atom is 0.221 e. The van der Waals surface area contributed by atoms with Crippen molar-refractivity contribution in [3.8, 4) is 11.5 Å². The fourth-order valence-electron chi connectivity index (χ4n) is 2.72. The van der Waals surface area contributed by atoms with Crippen molar-refractivity contribution in [2.75, 3.05) is 19.0 Å². The van der Waals surface area contributed by atoms with Gasteiger partial charge in [0, 0.05) is 6.42 Å². The van der Waals surface area contributed by atoms with Gasteiger partial charge in [-0.1, -0.05) is 6.07 Å². The molecule has 0 bridgehead atoms. The van der Waals surface area contributed by atoms with Crippen LogP contribution in [0.1, 0.15) is 38.8 Å². The summed E-state index contributed by atoms with van der Waals surface area (Å²) in [5, 5.41) is 2.79. The van der Waals surface area contributed by atoms with Crippen molar-refractivity contribution >= 4 is 15.7 Å². The van der Waals surface area contributed by atoms with Crippen LogP contribution in [0.15, 0.2) is 47.4 Å². The standard InChI is InChI=1S/C21H26FNO5S/c1-4-27-19-11-6-16(14-20(19)28-5-2)15(3)23-21(24)12-13-29(25,26)18-9-7-17(22)8-10-18/h6-11,14-15H,4-5,12-13H2,1-3H3,(H,23,24)/t15-/m0/s1. The highest BCUT2D eigenvalue weighted by Gasteiger charge is 2.18. The smallest absolute Gasteiger partial charge is 0.221 e. The second kappa shape index (κ2) is 10.2. The Morgan fingerprint density at radius 3 is 2.28 bits per heavy atom. The Bertz CT molecular complexity index is 929. The molecule has 2 aromatic carbocycles. The number of benzene rings is 2. The molecule has 0 saturated heterocycles. The molecule has 2 aromatic rings. The summed E-state index contributed by atoms with van der Waals surface area (Å²) in [5.41, 5.74) is 0.812. The quantitative estimate of drug-likeness (QED) is 0.590. The SMILES string of the molecule is CCOc1ccc([C@H](C)NC(=O)CCS(=O)(=O)c2ccc(F)cc2)cc1OCC. The number of carbonyl (C=O) groups excluding carboxylic acids is 1.